The molecule has 1 atom stereocenters. The molecule has 1 N–H and O–H groups in total. The number of likely N-dealkylation sites (tertiary alicyclic amines) is 1. The Bertz CT molecular complexity index is 726. The molecule has 1 aromatic carbocycles. The molecule has 0 unspecified atom stereocenters. The van der Waals surface area contributed by atoms with Crippen molar-refractivity contribution < 1.29 is 22.7 Å². The number of amides is 1. The zero-order chi connectivity index (χ0) is 17.3. The Morgan fingerprint density at radius 3 is 2.50 bits per heavy atom. The first-order valence-electron chi connectivity index (χ1n) is 8.09. The molecule has 0 saturated carbocycles. The van der Waals surface area contributed by atoms with Gasteiger partial charge in [-0.1, -0.05) is 13.8 Å². The molecule has 0 radical (unpaired) electrons. The highest BCUT2D eigenvalue weighted by atomic mass is 32.2. The van der Waals surface area contributed by atoms with Gasteiger partial charge in [0, 0.05) is 19.2 Å². The van der Waals surface area contributed by atoms with Gasteiger partial charge in [0.15, 0.2) is 11.5 Å². The van der Waals surface area contributed by atoms with E-state index < -0.39 is 16.1 Å². The predicted molar refractivity (Wildman–Crippen MR) is 87.3 cm³/mol. The van der Waals surface area contributed by atoms with E-state index in [0.717, 1.165) is 12.8 Å². The Balaban J connectivity index is 1.81. The molecule has 3 rings (SSSR count). The zero-order valence-corrected chi connectivity index (χ0v) is 14.6. The van der Waals surface area contributed by atoms with Crippen LogP contribution in [0, 0.1) is 5.92 Å². The minimum atomic E-state index is -3.83. The zero-order valence-electron chi connectivity index (χ0n) is 13.8. The van der Waals surface area contributed by atoms with Crippen LogP contribution >= 0.6 is 0 Å². The van der Waals surface area contributed by atoms with E-state index in [-0.39, 0.29) is 23.5 Å². The highest BCUT2D eigenvalue weighted by Crippen LogP contribution is 2.33. The molecule has 2 aliphatic heterocycles. The van der Waals surface area contributed by atoms with Crippen molar-refractivity contribution in [2.24, 2.45) is 5.92 Å². The van der Waals surface area contributed by atoms with Crippen molar-refractivity contribution in [1.29, 1.82) is 0 Å². The van der Waals surface area contributed by atoms with Crippen molar-refractivity contribution >= 4 is 15.9 Å². The number of nitrogens with zero attached hydrogens (tertiary/aromatic N) is 1. The number of carbonyl (C=O) groups is 1. The lowest BCUT2D eigenvalue weighted by atomic mass is 10.0. The van der Waals surface area contributed by atoms with Crippen molar-refractivity contribution in [3.8, 4) is 11.5 Å². The third-order valence-electron chi connectivity index (χ3n) is 4.29. The molecule has 2 heterocycles. The molecule has 0 aromatic heterocycles. The number of carbonyl (C=O) groups excluding carboxylic acids is 1. The van der Waals surface area contributed by atoms with Gasteiger partial charge in [-0.2, -0.15) is 4.72 Å². The number of rotatable bonds is 5. The van der Waals surface area contributed by atoms with Gasteiger partial charge in [-0.3, -0.25) is 4.79 Å². The molecule has 24 heavy (non-hydrogen) atoms. The molecule has 0 spiro atoms. The molecule has 1 aromatic rings. The van der Waals surface area contributed by atoms with E-state index in [2.05, 4.69) is 4.72 Å². The summed E-state index contributed by atoms with van der Waals surface area (Å²) >= 11 is 0. The lowest BCUT2D eigenvalue weighted by molar-refractivity contribution is -0.132. The molecule has 0 bridgehead atoms. The predicted octanol–water partition coefficient (Wildman–Crippen LogP) is 1.34. The molecule has 0 aliphatic carbocycles. The van der Waals surface area contributed by atoms with Gasteiger partial charge in [-0.05, 0) is 30.9 Å². The van der Waals surface area contributed by atoms with Crippen LogP contribution in [0.2, 0.25) is 0 Å². The number of nitrogens with one attached hydrogen (secondary N) is 1. The summed E-state index contributed by atoms with van der Waals surface area (Å²) in [6.07, 6.45) is 1.93. The number of ether oxygens (including phenoxy) is 2. The minimum Gasteiger partial charge on any atom is -0.454 e. The van der Waals surface area contributed by atoms with E-state index in [0.29, 0.717) is 24.6 Å². The Kier molecular flexibility index (Phi) is 4.69. The monoisotopic (exact) mass is 354 g/mol. The van der Waals surface area contributed by atoms with Crippen molar-refractivity contribution in [2.45, 2.75) is 37.6 Å². The van der Waals surface area contributed by atoms with Gasteiger partial charge in [0.05, 0.1) is 4.90 Å². The summed E-state index contributed by atoms with van der Waals surface area (Å²) in [5, 5.41) is 0. The largest absolute Gasteiger partial charge is 0.454 e. The number of sulfonamides is 1. The SMILES string of the molecule is CC(C)[C@@H](NS(=O)(=O)c1ccc2c(c1)OCO2)C(=O)N1CCCC1. The molecule has 1 fully saturated rings. The van der Waals surface area contributed by atoms with Crippen LogP contribution in [-0.4, -0.2) is 45.1 Å². The van der Waals surface area contributed by atoms with Crippen LogP contribution in [0.15, 0.2) is 23.1 Å². The summed E-state index contributed by atoms with van der Waals surface area (Å²) in [5.74, 6) is 0.598. The second-order valence-electron chi connectivity index (χ2n) is 6.39. The number of benzene rings is 1. The van der Waals surface area contributed by atoms with Crippen LogP contribution in [0.3, 0.4) is 0 Å². The standard InChI is InChI=1S/C16H22N2O5S/c1-11(2)15(16(19)18-7-3-4-8-18)17-24(20,21)12-5-6-13-14(9-12)23-10-22-13/h5-6,9,11,15,17H,3-4,7-8,10H2,1-2H3/t15-/m1/s1. The second-order valence-corrected chi connectivity index (χ2v) is 8.10. The molecular weight excluding hydrogens is 332 g/mol. The van der Waals surface area contributed by atoms with E-state index >= 15 is 0 Å². The fourth-order valence-electron chi connectivity index (χ4n) is 2.89. The van der Waals surface area contributed by atoms with Crippen molar-refractivity contribution in [1.82, 2.24) is 9.62 Å². The van der Waals surface area contributed by atoms with E-state index in [9.17, 15) is 13.2 Å². The van der Waals surface area contributed by atoms with Gasteiger partial charge in [0.25, 0.3) is 0 Å². The van der Waals surface area contributed by atoms with Gasteiger partial charge in [0.1, 0.15) is 6.04 Å². The Morgan fingerprint density at radius 2 is 1.83 bits per heavy atom. The normalized spacial score (nSPS) is 18.2. The molecule has 7 nitrogen and oxygen atoms in total. The Morgan fingerprint density at radius 1 is 1.17 bits per heavy atom. The number of hydrogen-bond donors (Lipinski definition) is 1. The van der Waals surface area contributed by atoms with Gasteiger partial charge >= 0.3 is 0 Å². The molecule has 1 amide bonds. The molecule has 2 aliphatic rings. The van der Waals surface area contributed by atoms with E-state index in [1.165, 1.54) is 12.1 Å². The smallest absolute Gasteiger partial charge is 0.241 e. The van der Waals surface area contributed by atoms with Crippen LogP contribution in [0.1, 0.15) is 26.7 Å². The summed E-state index contributed by atoms with van der Waals surface area (Å²) in [7, 11) is -3.83. The lowest BCUT2D eigenvalue weighted by Gasteiger charge is -2.26. The minimum absolute atomic E-state index is 0.0617. The van der Waals surface area contributed by atoms with Gasteiger partial charge in [-0.15, -0.1) is 0 Å². The average Bonchev–Trinajstić information content (AvgIpc) is 3.21. The molecule has 1 saturated heterocycles. The highest BCUT2D eigenvalue weighted by molar-refractivity contribution is 7.89. The van der Waals surface area contributed by atoms with Gasteiger partial charge in [-0.25, -0.2) is 8.42 Å². The van der Waals surface area contributed by atoms with Crippen molar-refractivity contribution in [3.63, 3.8) is 0 Å². The van der Waals surface area contributed by atoms with Crippen LogP contribution in [0.5, 0.6) is 11.5 Å². The lowest BCUT2D eigenvalue weighted by Crippen LogP contribution is -2.50. The Labute approximate surface area is 142 Å². The topological polar surface area (TPSA) is 84.9 Å². The summed E-state index contributed by atoms with van der Waals surface area (Å²) in [4.78, 5) is 14.4. The third-order valence-corrected chi connectivity index (χ3v) is 5.73. The quantitative estimate of drug-likeness (QED) is 0.862. The maximum atomic E-state index is 12.7. The second kappa shape index (κ2) is 6.60. The van der Waals surface area contributed by atoms with Gasteiger partial charge in [0.2, 0.25) is 22.7 Å². The summed E-state index contributed by atoms with van der Waals surface area (Å²) in [6, 6.07) is 3.65. The van der Waals surface area contributed by atoms with E-state index in [4.69, 9.17) is 9.47 Å². The van der Waals surface area contributed by atoms with Gasteiger partial charge < -0.3 is 14.4 Å². The Hall–Kier alpha value is -1.80. The van der Waals surface area contributed by atoms with E-state index in [1.807, 2.05) is 13.8 Å². The maximum absolute atomic E-state index is 12.7. The first kappa shape index (κ1) is 17.0. The van der Waals surface area contributed by atoms with Crippen LogP contribution in [0.25, 0.3) is 0 Å². The van der Waals surface area contributed by atoms with Crippen LogP contribution < -0.4 is 14.2 Å². The third kappa shape index (κ3) is 3.34. The molecule has 132 valence electrons. The fourth-order valence-corrected chi connectivity index (χ4v) is 4.24. The molecule has 8 heteroatoms. The van der Waals surface area contributed by atoms with E-state index in [1.54, 1.807) is 11.0 Å². The van der Waals surface area contributed by atoms with Crippen LogP contribution in [-0.2, 0) is 14.8 Å². The molecular formula is C16H22N2O5S. The first-order valence-corrected chi connectivity index (χ1v) is 9.57. The van der Waals surface area contributed by atoms with Crippen molar-refractivity contribution in [3.05, 3.63) is 18.2 Å². The van der Waals surface area contributed by atoms with Crippen molar-refractivity contribution in [2.75, 3.05) is 19.9 Å². The highest BCUT2D eigenvalue weighted by Gasteiger charge is 2.33. The maximum Gasteiger partial charge on any atom is 0.241 e. The number of fused-ring (bicyclic) bond motifs is 1. The number of hydrogen-bond acceptors (Lipinski definition) is 5. The summed E-state index contributed by atoms with van der Waals surface area (Å²) < 4.78 is 38.4. The summed E-state index contributed by atoms with van der Waals surface area (Å²) in [6.45, 7) is 5.12. The summed E-state index contributed by atoms with van der Waals surface area (Å²) in [5.41, 5.74) is 0. The first-order chi connectivity index (χ1) is 11.4. The van der Waals surface area contributed by atoms with Crippen LogP contribution in [0.4, 0.5) is 0 Å². The average molecular weight is 354 g/mol. The fraction of sp³-hybridized carbons (Fsp3) is 0.562.